The summed E-state index contributed by atoms with van der Waals surface area (Å²) >= 11 is 5.69. The van der Waals surface area contributed by atoms with E-state index in [0.29, 0.717) is 19.7 Å². The quantitative estimate of drug-likeness (QED) is 0.667. The van der Waals surface area contributed by atoms with Crippen LogP contribution in [0.15, 0.2) is 22.7 Å². The first-order chi connectivity index (χ1) is 8.09. The summed E-state index contributed by atoms with van der Waals surface area (Å²) in [5.74, 6) is 0.0746. The standard InChI is InChI=1S/C12H13BrINO2/c1-8-7-15(5-6-17-8)12(16)9-3-2-4-10(14)11(9)13/h2-4,8H,5-7H2,1H3/t8-/m1/s1. The van der Waals surface area contributed by atoms with Gasteiger partial charge in [-0.2, -0.15) is 0 Å². The van der Waals surface area contributed by atoms with Crippen LogP contribution in [0.1, 0.15) is 17.3 Å². The van der Waals surface area contributed by atoms with Crippen molar-refractivity contribution in [2.75, 3.05) is 19.7 Å². The molecule has 1 heterocycles. The SMILES string of the molecule is C[C@@H]1CN(C(=O)c2cccc(I)c2Br)CCO1. The Kier molecular flexibility index (Phi) is 4.43. The van der Waals surface area contributed by atoms with Crippen LogP contribution in [0.3, 0.4) is 0 Å². The van der Waals surface area contributed by atoms with Crippen LogP contribution in [0.25, 0.3) is 0 Å². The van der Waals surface area contributed by atoms with Crippen molar-refractivity contribution >= 4 is 44.4 Å². The lowest BCUT2D eigenvalue weighted by atomic mass is 10.2. The minimum atomic E-state index is 0.0746. The van der Waals surface area contributed by atoms with E-state index in [1.165, 1.54) is 0 Å². The molecule has 0 spiro atoms. The topological polar surface area (TPSA) is 29.5 Å². The van der Waals surface area contributed by atoms with Gasteiger partial charge in [-0.05, 0) is 57.6 Å². The van der Waals surface area contributed by atoms with Gasteiger partial charge in [-0.25, -0.2) is 0 Å². The predicted octanol–water partition coefficient (Wildman–Crippen LogP) is 2.91. The van der Waals surface area contributed by atoms with E-state index in [4.69, 9.17) is 4.74 Å². The molecule has 0 radical (unpaired) electrons. The summed E-state index contributed by atoms with van der Waals surface area (Å²) in [6.07, 6.45) is 0.120. The molecule has 1 atom stereocenters. The number of carbonyl (C=O) groups excluding carboxylic acids is 1. The number of hydrogen-bond acceptors (Lipinski definition) is 2. The smallest absolute Gasteiger partial charge is 0.255 e. The third-order valence-electron chi connectivity index (χ3n) is 2.71. The summed E-state index contributed by atoms with van der Waals surface area (Å²) in [5, 5.41) is 0. The number of morpholine rings is 1. The van der Waals surface area contributed by atoms with Crippen molar-refractivity contribution in [3.63, 3.8) is 0 Å². The lowest BCUT2D eigenvalue weighted by Gasteiger charge is -2.31. The molecule has 17 heavy (non-hydrogen) atoms. The highest BCUT2D eigenvalue weighted by atomic mass is 127. The van der Waals surface area contributed by atoms with Crippen LogP contribution in [0.2, 0.25) is 0 Å². The van der Waals surface area contributed by atoms with E-state index < -0.39 is 0 Å². The van der Waals surface area contributed by atoms with Gasteiger partial charge in [0.15, 0.2) is 0 Å². The first-order valence-corrected chi connectivity index (χ1v) is 7.31. The van der Waals surface area contributed by atoms with Crippen molar-refractivity contribution in [2.24, 2.45) is 0 Å². The van der Waals surface area contributed by atoms with Crippen LogP contribution in [-0.4, -0.2) is 36.6 Å². The molecule has 0 aromatic heterocycles. The van der Waals surface area contributed by atoms with Gasteiger partial charge in [-0.1, -0.05) is 6.07 Å². The zero-order chi connectivity index (χ0) is 12.4. The van der Waals surface area contributed by atoms with Gasteiger partial charge in [0.2, 0.25) is 0 Å². The average molecular weight is 410 g/mol. The van der Waals surface area contributed by atoms with Gasteiger partial charge < -0.3 is 9.64 Å². The maximum absolute atomic E-state index is 12.4. The Hall–Kier alpha value is -0.140. The average Bonchev–Trinajstić information content (AvgIpc) is 2.32. The number of hydrogen-bond donors (Lipinski definition) is 0. The molecule has 1 aliphatic rings. The van der Waals surface area contributed by atoms with E-state index in [9.17, 15) is 4.79 Å². The Balaban J connectivity index is 2.22. The third-order valence-corrected chi connectivity index (χ3v) is 5.20. The summed E-state index contributed by atoms with van der Waals surface area (Å²) in [5.41, 5.74) is 0.728. The summed E-state index contributed by atoms with van der Waals surface area (Å²) in [4.78, 5) is 14.2. The lowest BCUT2D eigenvalue weighted by Crippen LogP contribution is -2.44. The maximum Gasteiger partial charge on any atom is 0.255 e. The Bertz CT molecular complexity index is 439. The van der Waals surface area contributed by atoms with Crippen molar-refractivity contribution in [2.45, 2.75) is 13.0 Å². The predicted molar refractivity (Wildman–Crippen MR) is 78.2 cm³/mol. The fraction of sp³-hybridized carbons (Fsp3) is 0.417. The number of halogens is 2. The van der Waals surface area contributed by atoms with E-state index in [1.54, 1.807) is 0 Å². The van der Waals surface area contributed by atoms with Crippen molar-refractivity contribution in [1.82, 2.24) is 4.90 Å². The molecule has 0 bridgehead atoms. The highest BCUT2D eigenvalue weighted by molar-refractivity contribution is 14.1. The van der Waals surface area contributed by atoms with E-state index in [0.717, 1.165) is 13.6 Å². The molecule has 2 rings (SSSR count). The molecule has 0 saturated carbocycles. The van der Waals surface area contributed by atoms with Crippen LogP contribution in [0.4, 0.5) is 0 Å². The number of benzene rings is 1. The zero-order valence-electron chi connectivity index (χ0n) is 9.45. The monoisotopic (exact) mass is 409 g/mol. The molecule has 1 fully saturated rings. The second kappa shape index (κ2) is 5.67. The highest BCUT2D eigenvalue weighted by Crippen LogP contribution is 2.25. The zero-order valence-corrected chi connectivity index (χ0v) is 13.2. The molecule has 3 nitrogen and oxygen atoms in total. The van der Waals surface area contributed by atoms with Gasteiger partial charge in [0.25, 0.3) is 5.91 Å². The molecule has 1 saturated heterocycles. The minimum absolute atomic E-state index is 0.0746. The highest BCUT2D eigenvalue weighted by Gasteiger charge is 2.24. The summed E-state index contributed by atoms with van der Waals surface area (Å²) < 4.78 is 7.37. The molecule has 0 aliphatic carbocycles. The summed E-state index contributed by atoms with van der Waals surface area (Å²) in [7, 11) is 0. The number of rotatable bonds is 1. The normalized spacial score (nSPS) is 20.4. The lowest BCUT2D eigenvalue weighted by molar-refractivity contribution is -0.0124. The Labute approximate surface area is 123 Å². The third kappa shape index (κ3) is 3.00. The van der Waals surface area contributed by atoms with E-state index >= 15 is 0 Å². The number of carbonyl (C=O) groups is 1. The van der Waals surface area contributed by atoms with Crippen molar-refractivity contribution in [3.05, 3.63) is 31.8 Å². The van der Waals surface area contributed by atoms with Crippen LogP contribution >= 0.6 is 38.5 Å². The molecule has 0 unspecified atom stereocenters. The van der Waals surface area contributed by atoms with Gasteiger partial charge in [-0.15, -0.1) is 0 Å². The van der Waals surface area contributed by atoms with Gasteiger partial charge >= 0.3 is 0 Å². The van der Waals surface area contributed by atoms with Crippen molar-refractivity contribution in [1.29, 1.82) is 0 Å². The molecule has 1 amide bonds. The second-order valence-electron chi connectivity index (χ2n) is 4.03. The molecule has 1 aromatic carbocycles. The molecule has 92 valence electrons. The molecule has 5 heteroatoms. The Morgan fingerprint density at radius 3 is 3.06 bits per heavy atom. The molecule has 0 N–H and O–H groups in total. The van der Waals surface area contributed by atoms with E-state index in [-0.39, 0.29) is 12.0 Å². The van der Waals surface area contributed by atoms with Gasteiger partial charge in [-0.3, -0.25) is 4.79 Å². The fourth-order valence-corrected chi connectivity index (χ4v) is 2.77. The van der Waals surface area contributed by atoms with Crippen LogP contribution in [0, 0.1) is 3.57 Å². The first kappa shape index (κ1) is 13.3. The van der Waals surface area contributed by atoms with Crippen LogP contribution < -0.4 is 0 Å². The number of ether oxygens (including phenoxy) is 1. The molecular weight excluding hydrogens is 397 g/mol. The Morgan fingerprint density at radius 1 is 1.59 bits per heavy atom. The summed E-state index contributed by atoms with van der Waals surface area (Å²) in [6.45, 7) is 3.94. The number of nitrogens with zero attached hydrogens (tertiary/aromatic N) is 1. The van der Waals surface area contributed by atoms with Crippen molar-refractivity contribution < 1.29 is 9.53 Å². The van der Waals surface area contributed by atoms with E-state index in [2.05, 4.69) is 38.5 Å². The van der Waals surface area contributed by atoms with Gasteiger partial charge in [0, 0.05) is 21.1 Å². The van der Waals surface area contributed by atoms with Gasteiger partial charge in [0.05, 0.1) is 18.3 Å². The fourth-order valence-electron chi connectivity index (χ4n) is 1.84. The first-order valence-electron chi connectivity index (χ1n) is 5.44. The largest absolute Gasteiger partial charge is 0.375 e. The second-order valence-corrected chi connectivity index (χ2v) is 5.99. The maximum atomic E-state index is 12.4. The van der Waals surface area contributed by atoms with Gasteiger partial charge in [0.1, 0.15) is 0 Å². The minimum Gasteiger partial charge on any atom is -0.375 e. The van der Waals surface area contributed by atoms with Crippen LogP contribution in [-0.2, 0) is 4.74 Å². The van der Waals surface area contributed by atoms with Crippen LogP contribution in [0.5, 0.6) is 0 Å². The Morgan fingerprint density at radius 2 is 2.35 bits per heavy atom. The molecule has 1 aromatic rings. The summed E-state index contributed by atoms with van der Waals surface area (Å²) in [6, 6.07) is 5.74. The van der Waals surface area contributed by atoms with Crippen molar-refractivity contribution in [3.8, 4) is 0 Å². The number of amides is 1. The van der Waals surface area contributed by atoms with E-state index in [1.807, 2.05) is 30.0 Å². The molecule has 1 aliphatic heterocycles. The molecular formula is C12H13BrINO2.